The zero-order valence-corrected chi connectivity index (χ0v) is 24.5. The van der Waals surface area contributed by atoms with Crippen molar-refractivity contribution < 1.29 is 32.9 Å². The molecule has 4 rings (SSSR count). The van der Waals surface area contributed by atoms with Crippen molar-refractivity contribution in [2.24, 2.45) is 0 Å². The molecule has 43 heavy (non-hydrogen) atoms. The van der Waals surface area contributed by atoms with Crippen LogP contribution in [0.25, 0.3) is 10.9 Å². The van der Waals surface area contributed by atoms with E-state index in [0.717, 1.165) is 0 Å². The SMILES string of the molecule is COCCOCCOCC(=O)Nc1ccc2[nH]c(C(=O)NCc3ccc(Cl)c(Oc4cc(Cl)cc(C#N)c4)c3F)cc2c1. The topological polar surface area (TPSA) is 135 Å². The second-order valence-corrected chi connectivity index (χ2v) is 9.96. The van der Waals surface area contributed by atoms with Gasteiger partial charge in [-0.2, -0.15) is 5.26 Å². The standard InChI is InChI=1S/C30H27Cl2FN4O6/c1-40-6-7-41-8-9-42-17-27(38)36-22-3-5-25-20(12-22)13-26(37-25)30(39)35-16-19-2-4-24(32)29(28(19)33)43-23-11-18(15-34)10-21(31)14-23/h2-5,10-14,37H,6-9,16-17H2,1H3,(H,35,39)(H,36,38). The molecular weight excluding hydrogens is 602 g/mol. The van der Waals surface area contributed by atoms with Crippen LogP contribution in [0, 0.1) is 17.1 Å². The molecule has 4 aromatic rings. The number of fused-ring (bicyclic) bond motifs is 1. The fourth-order valence-electron chi connectivity index (χ4n) is 3.93. The molecule has 0 unspecified atom stereocenters. The molecule has 0 radical (unpaired) electrons. The third-order valence-electron chi connectivity index (χ3n) is 5.97. The molecule has 13 heteroatoms. The van der Waals surface area contributed by atoms with Crippen LogP contribution in [-0.2, 0) is 25.5 Å². The van der Waals surface area contributed by atoms with E-state index in [0.29, 0.717) is 36.4 Å². The summed E-state index contributed by atoms with van der Waals surface area (Å²) in [5.74, 6) is -1.71. The van der Waals surface area contributed by atoms with Crippen molar-refractivity contribution in [2.45, 2.75) is 6.54 Å². The minimum Gasteiger partial charge on any atom is -0.453 e. The predicted molar refractivity (Wildman–Crippen MR) is 159 cm³/mol. The van der Waals surface area contributed by atoms with Crippen LogP contribution in [-0.4, -0.2) is 56.9 Å². The van der Waals surface area contributed by atoms with Gasteiger partial charge in [-0.1, -0.05) is 29.3 Å². The number of nitriles is 1. The number of H-pyrrole nitrogens is 1. The number of methoxy groups -OCH3 is 1. The monoisotopic (exact) mass is 628 g/mol. The molecule has 0 atom stereocenters. The van der Waals surface area contributed by atoms with Gasteiger partial charge in [-0.05, 0) is 48.5 Å². The van der Waals surface area contributed by atoms with Crippen LogP contribution < -0.4 is 15.4 Å². The van der Waals surface area contributed by atoms with Gasteiger partial charge in [0.05, 0.1) is 43.1 Å². The minimum atomic E-state index is -0.772. The van der Waals surface area contributed by atoms with Crippen molar-refractivity contribution in [1.29, 1.82) is 5.26 Å². The summed E-state index contributed by atoms with van der Waals surface area (Å²) in [6.07, 6.45) is 0. The Hall–Kier alpha value is -4.18. The summed E-state index contributed by atoms with van der Waals surface area (Å²) in [6, 6.07) is 15.8. The van der Waals surface area contributed by atoms with Crippen LogP contribution in [0.4, 0.5) is 10.1 Å². The third kappa shape index (κ3) is 8.90. The van der Waals surface area contributed by atoms with Crippen LogP contribution >= 0.6 is 23.2 Å². The van der Waals surface area contributed by atoms with Gasteiger partial charge in [-0.3, -0.25) is 9.59 Å². The normalized spacial score (nSPS) is 10.9. The maximum absolute atomic E-state index is 15.3. The molecule has 0 aliphatic heterocycles. The van der Waals surface area contributed by atoms with Gasteiger partial charge in [0.25, 0.3) is 5.91 Å². The van der Waals surface area contributed by atoms with E-state index in [-0.39, 0.29) is 64.0 Å². The molecule has 0 aliphatic rings. The number of aromatic amines is 1. The number of rotatable bonds is 14. The van der Waals surface area contributed by atoms with Gasteiger partial charge in [-0.15, -0.1) is 0 Å². The molecular formula is C30H27Cl2FN4O6. The first-order chi connectivity index (χ1) is 20.8. The average molecular weight is 629 g/mol. The highest BCUT2D eigenvalue weighted by atomic mass is 35.5. The Morgan fingerprint density at radius 1 is 1.00 bits per heavy atom. The number of hydrogen-bond donors (Lipinski definition) is 3. The summed E-state index contributed by atoms with van der Waals surface area (Å²) in [7, 11) is 1.58. The highest BCUT2D eigenvalue weighted by Crippen LogP contribution is 2.35. The second-order valence-electron chi connectivity index (χ2n) is 9.11. The molecule has 0 fully saturated rings. The van der Waals surface area contributed by atoms with Crippen LogP contribution in [0.5, 0.6) is 11.5 Å². The Balaban J connectivity index is 1.34. The molecule has 0 saturated heterocycles. The zero-order chi connectivity index (χ0) is 30.8. The van der Waals surface area contributed by atoms with E-state index in [1.807, 2.05) is 6.07 Å². The minimum absolute atomic E-state index is 0.00287. The van der Waals surface area contributed by atoms with Crippen LogP contribution in [0.15, 0.2) is 54.6 Å². The molecule has 0 spiro atoms. The lowest BCUT2D eigenvalue weighted by Gasteiger charge is -2.13. The number of carbonyl (C=O) groups excluding carboxylic acids is 2. The van der Waals surface area contributed by atoms with Gasteiger partial charge in [0.15, 0.2) is 11.6 Å². The average Bonchev–Trinajstić information content (AvgIpc) is 3.41. The first kappa shape index (κ1) is 31.7. The van der Waals surface area contributed by atoms with E-state index in [2.05, 4.69) is 15.6 Å². The number of amides is 2. The van der Waals surface area contributed by atoms with Crippen molar-refractivity contribution in [2.75, 3.05) is 45.5 Å². The number of nitrogens with one attached hydrogen (secondary N) is 3. The number of nitrogens with zero attached hydrogens (tertiary/aromatic N) is 1. The number of ether oxygens (including phenoxy) is 4. The highest BCUT2D eigenvalue weighted by Gasteiger charge is 2.17. The quantitative estimate of drug-likeness (QED) is 0.150. The summed E-state index contributed by atoms with van der Waals surface area (Å²) >= 11 is 12.2. The van der Waals surface area contributed by atoms with Gasteiger partial charge < -0.3 is 34.6 Å². The lowest BCUT2D eigenvalue weighted by atomic mass is 10.2. The Kier molecular flexibility index (Phi) is 11.3. The summed E-state index contributed by atoms with van der Waals surface area (Å²) in [6.45, 7) is 1.26. The van der Waals surface area contributed by atoms with E-state index in [9.17, 15) is 9.59 Å². The lowest BCUT2D eigenvalue weighted by molar-refractivity contribution is -0.121. The Labute approximate surface area is 256 Å². The van der Waals surface area contributed by atoms with Gasteiger partial charge in [0.1, 0.15) is 18.1 Å². The van der Waals surface area contributed by atoms with Crippen molar-refractivity contribution >= 4 is 51.6 Å². The maximum atomic E-state index is 15.3. The number of halogens is 3. The number of aromatic nitrogens is 1. The molecule has 224 valence electrons. The zero-order valence-electron chi connectivity index (χ0n) is 23.0. The molecule has 3 aromatic carbocycles. The lowest BCUT2D eigenvalue weighted by Crippen LogP contribution is -2.23. The molecule has 0 saturated carbocycles. The van der Waals surface area contributed by atoms with E-state index < -0.39 is 11.7 Å². The van der Waals surface area contributed by atoms with Gasteiger partial charge in [0, 0.05) is 40.8 Å². The van der Waals surface area contributed by atoms with Gasteiger partial charge in [-0.25, -0.2) is 4.39 Å². The molecule has 2 amide bonds. The fourth-order valence-corrected chi connectivity index (χ4v) is 4.34. The molecule has 3 N–H and O–H groups in total. The number of carbonyl (C=O) groups is 2. The van der Waals surface area contributed by atoms with Crippen molar-refractivity contribution in [1.82, 2.24) is 10.3 Å². The van der Waals surface area contributed by atoms with Crippen LogP contribution in [0.3, 0.4) is 0 Å². The summed E-state index contributed by atoms with van der Waals surface area (Å²) in [4.78, 5) is 28.1. The Morgan fingerprint density at radius 2 is 1.79 bits per heavy atom. The first-order valence-electron chi connectivity index (χ1n) is 13.0. The Morgan fingerprint density at radius 3 is 2.58 bits per heavy atom. The van der Waals surface area contributed by atoms with Crippen LogP contribution in [0.2, 0.25) is 10.0 Å². The first-order valence-corrected chi connectivity index (χ1v) is 13.7. The summed E-state index contributed by atoms with van der Waals surface area (Å²) < 4.78 is 36.4. The number of anilines is 1. The number of benzene rings is 3. The predicted octanol–water partition coefficient (Wildman–Crippen LogP) is 5.83. The third-order valence-corrected chi connectivity index (χ3v) is 6.49. The molecule has 10 nitrogen and oxygen atoms in total. The Bertz CT molecular complexity index is 1660. The van der Waals surface area contributed by atoms with Crippen LogP contribution in [0.1, 0.15) is 21.6 Å². The highest BCUT2D eigenvalue weighted by molar-refractivity contribution is 6.32. The molecule has 1 aromatic heterocycles. The van der Waals surface area contributed by atoms with Gasteiger partial charge >= 0.3 is 0 Å². The summed E-state index contributed by atoms with van der Waals surface area (Å²) in [5.41, 5.74) is 1.80. The fraction of sp³-hybridized carbons (Fsp3) is 0.233. The summed E-state index contributed by atoms with van der Waals surface area (Å²) in [5, 5.41) is 15.5. The smallest absolute Gasteiger partial charge is 0.267 e. The van der Waals surface area contributed by atoms with E-state index in [1.165, 1.54) is 30.3 Å². The van der Waals surface area contributed by atoms with Crippen molar-refractivity contribution in [3.8, 4) is 17.6 Å². The van der Waals surface area contributed by atoms with Gasteiger partial charge in [0.2, 0.25) is 5.91 Å². The largest absolute Gasteiger partial charge is 0.453 e. The molecule has 0 bridgehead atoms. The molecule has 1 heterocycles. The van der Waals surface area contributed by atoms with Crippen molar-refractivity contribution in [3.05, 3.63) is 87.3 Å². The van der Waals surface area contributed by atoms with E-state index >= 15 is 4.39 Å². The maximum Gasteiger partial charge on any atom is 0.267 e. The van der Waals surface area contributed by atoms with E-state index in [4.69, 9.17) is 47.4 Å². The van der Waals surface area contributed by atoms with E-state index in [1.54, 1.807) is 31.4 Å². The number of hydrogen-bond acceptors (Lipinski definition) is 7. The second kappa shape index (κ2) is 15.3. The molecule has 0 aliphatic carbocycles. The van der Waals surface area contributed by atoms with Crippen molar-refractivity contribution in [3.63, 3.8) is 0 Å².